The van der Waals surface area contributed by atoms with Gasteiger partial charge in [-0.25, -0.2) is 4.68 Å². The van der Waals surface area contributed by atoms with E-state index in [0.29, 0.717) is 11.4 Å². The van der Waals surface area contributed by atoms with Crippen LogP contribution in [0.3, 0.4) is 0 Å². The fourth-order valence-corrected chi connectivity index (χ4v) is 5.90. The lowest BCUT2D eigenvalue weighted by molar-refractivity contribution is -0.126. The largest absolute Gasteiger partial charge is 0.496 e. The zero-order chi connectivity index (χ0) is 26.8. The van der Waals surface area contributed by atoms with Gasteiger partial charge >= 0.3 is 0 Å². The third-order valence-electron chi connectivity index (χ3n) is 6.71. The van der Waals surface area contributed by atoms with Crippen molar-refractivity contribution in [3.63, 3.8) is 0 Å². The lowest BCUT2D eigenvalue weighted by atomic mass is 10.0. The average molecular weight is 527 g/mol. The van der Waals surface area contributed by atoms with E-state index in [-0.39, 0.29) is 24.1 Å². The first-order valence-electron chi connectivity index (χ1n) is 12.5. The molecule has 2 amide bonds. The number of carbonyl (C=O) groups is 2. The van der Waals surface area contributed by atoms with E-state index in [1.165, 1.54) is 11.8 Å². The summed E-state index contributed by atoms with van der Waals surface area (Å²) in [4.78, 5) is 29.5. The second-order valence-electron chi connectivity index (χ2n) is 9.33. The van der Waals surface area contributed by atoms with Crippen LogP contribution in [0.15, 0.2) is 77.8 Å². The number of hydrogen-bond donors (Lipinski definition) is 1. The molecule has 7 nitrogen and oxygen atoms in total. The van der Waals surface area contributed by atoms with Gasteiger partial charge in [-0.1, -0.05) is 60.3 Å². The summed E-state index contributed by atoms with van der Waals surface area (Å²) in [6.45, 7) is 6.12. The molecule has 38 heavy (non-hydrogen) atoms. The Balaban J connectivity index is 1.64. The maximum absolute atomic E-state index is 14.1. The zero-order valence-electron chi connectivity index (χ0n) is 21.9. The average Bonchev–Trinajstić information content (AvgIpc) is 3.17. The van der Waals surface area contributed by atoms with Crippen molar-refractivity contribution in [2.75, 3.05) is 17.8 Å². The number of aryl methyl sites for hydroxylation is 3. The second kappa shape index (κ2) is 10.8. The monoisotopic (exact) mass is 526 g/mol. The Hall–Kier alpha value is -4.04. The van der Waals surface area contributed by atoms with Crippen LogP contribution in [-0.2, 0) is 16.1 Å². The van der Waals surface area contributed by atoms with Crippen LogP contribution in [0.4, 0.5) is 5.69 Å². The van der Waals surface area contributed by atoms with Crippen LogP contribution in [0.25, 0.3) is 5.69 Å². The number of fused-ring (bicyclic) bond motifs is 1. The van der Waals surface area contributed by atoms with Gasteiger partial charge in [0.05, 0.1) is 24.2 Å². The summed E-state index contributed by atoms with van der Waals surface area (Å²) in [5.41, 5.74) is 5.85. The van der Waals surface area contributed by atoms with Crippen molar-refractivity contribution in [3.8, 4) is 11.4 Å². The molecule has 1 aliphatic heterocycles. The van der Waals surface area contributed by atoms with Crippen molar-refractivity contribution in [3.05, 3.63) is 101 Å². The molecule has 1 aromatic heterocycles. The number of benzene rings is 3. The Morgan fingerprint density at radius 1 is 1.05 bits per heavy atom. The molecule has 0 aliphatic carbocycles. The highest BCUT2D eigenvalue weighted by Crippen LogP contribution is 2.42. The highest BCUT2D eigenvalue weighted by molar-refractivity contribution is 8.00. The summed E-state index contributed by atoms with van der Waals surface area (Å²) < 4.78 is 7.32. The van der Waals surface area contributed by atoms with Crippen LogP contribution in [0.2, 0.25) is 0 Å². The van der Waals surface area contributed by atoms with Gasteiger partial charge in [0.2, 0.25) is 11.8 Å². The number of anilines is 1. The molecule has 1 unspecified atom stereocenters. The van der Waals surface area contributed by atoms with E-state index in [0.717, 1.165) is 38.7 Å². The number of amides is 2. The molecule has 0 saturated heterocycles. The van der Waals surface area contributed by atoms with E-state index in [1.54, 1.807) is 12.0 Å². The Morgan fingerprint density at radius 3 is 2.55 bits per heavy atom. The first-order valence-corrected chi connectivity index (χ1v) is 13.4. The molecule has 4 aromatic rings. The van der Waals surface area contributed by atoms with Crippen LogP contribution in [0.1, 0.15) is 34.0 Å². The molecule has 2 heterocycles. The van der Waals surface area contributed by atoms with Gasteiger partial charge < -0.3 is 10.1 Å². The smallest absolute Gasteiger partial charge is 0.248 e. The van der Waals surface area contributed by atoms with Crippen molar-refractivity contribution < 1.29 is 14.3 Å². The van der Waals surface area contributed by atoms with E-state index in [1.807, 2.05) is 98.2 Å². The summed E-state index contributed by atoms with van der Waals surface area (Å²) in [6, 6.07) is 22.5. The predicted molar refractivity (Wildman–Crippen MR) is 150 cm³/mol. The number of hydrogen-bond acceptors (Lipinski definition) is 5. The van der Waals surface area contributed by atoms with E-state index in [9.17, 15) is 9.59 Å². The molecule has 8 heteroatoms. The maximum atomic E-state index is 14.1. The third-order valence-corrected chi connectivity index (χ3v) is 7.77. The van der Waals surface area contributed by atoms with Crippen LogP contribution in [0.5, 0.6) is 5.75 Å². The van der Waals surface area contributed by atoms with Gasteiger partial charge in [-0.05, 0) is 56.2 Å². The van der Waals surface area contributed by atoms with Crippen molar-refractivity contribution in [2.24, 2.45) is 0 Å². The Bertz CT molecular complexity index is 1500. The standard InChI is InChI=1S/C30H30N4O3S/c1-19-14-15-20(2)24(16-19)33-26(35)18-38-30-27(21(3)32-34(30)23-11-6-5-7-12-23)28(33)29(36)31-17-22-10-8-9-13-25(22)37-4/h5-16,28H,17-18H2,1-4H3,(H,31,36). The normalized spacial score (nSPS) is 15.1. The van der Waals surface area contributed by atoms with E-state index in [4.69, 9.17) is 9.84 Å². The van der Waals surface area contributed by atoms with Gasteiger partial charge in [0, 0.05) is 23.4 Å². The molecule has 0 spiro atoms. The van der Waals surface area contributed by atoms with Crippen LogP contribution in [0, 0.1) is 20.8 Å². The Morgan fingerprint density at radius 2 is 1.79 bits per heavy atom. The van der Waals surface area contributed by atoms with Gasteiger partial charge in [-0.3, -0.25) is 14.5 Å². The number of thioether (sulfide) groups is 1. The lowest BCUT2D eigenvalue weighted by Gasteiger charge is -2.31. The molecule has 194 valence electrons. The Kier molecular flexibility index (Phi) is 7.24. The number of methoxy groups -OCH3 is 1. The number of aromatic nitrogens is 2. The van der Waals surface area contributed by atoms with Gasteiger partial charge in [0.25, 0.3) is 0 Å². The van der Waals surface area contributed by atoms with Crippen LogP contribution in [-0.4, -0.2) is 34.5 Å². The molecule has 3 aromatic carbocycles. The van der Waals surface area contributed by atoms with Crippen molar-refractivity contribution in [2.45, 2.75) is 38.4 Å². The van der Waals surface area contributed by atoms with Crippen LogP contribution >= 0.6 is 11.8 Å². The SMILES string of the molecule is COc1ccccc1CNC(=O)C1c2c(C)nn(-c3ccccc3)c2SCC(=O)N1c1cc(C)ccc1C. The highest BCUT2D eigenvalue weighted by Gasteiger charge is 2.41. The molecule has 1 atom stereocenters. The molecule has 0 bridgehead atoms. The second-order valence-corrected chi connectivity index (χ2v) is 10.3. The van der Waals surface area contributed by atoms with Gasteiger partial charge in [-0.15, -0.1) is 0 Å². The summed E-state index contributed by atoms with van der Waals surface area (Å²) in [6.07, 6.45) is 0. The lowest BCUT2D eigenvalue weighted by Crippen LogP contribution is -2.44. The molecule has 1 N–H and O–H groups in total. The molecular weight excluding hydrogens is 496 g/mol. The first-order chi connectivity index (χ1) is 18.4. The van der Waals surface area contributed by atoms with Crippen molar-refractivity contribution in [1.82, 2.24) is 15.1 Å². The summed E-state index contributed by atoms with van der Waals surface area (Å²) in [7, 11) is 1.61. The Labute approximate surface area is 226 Å². The first kappa shape index (κ1) is 25.6. The summed E-state index contributed by atoms with van der Waals surface area (Å²) in [5, 5.41) is 8.72. The molecule has 1 aliphatic rings. The number of nitrogens with zero attached hydrogens (tertiary/aromatic N) is 3. The minimum absolute atomic E-state index is 0.128. The fourth-order valence-electron chi connectivity index (χ4n) is 4.82. The molecule has 0 radical (unpaired) electrons. The number of rotatable bonds is 6. The van der Waals surface area contributed by atoms with Gasteiger partial charge in [0.1, 0.15) is 16.8 Å². The number of nitrogens with one attached hydrogen (secondary N) is 1. The van der Waals surface area contributed by atoms with Gasteiger partial charge in [0.15, 0.2) is 0 Å². The van der Waals surface area contributed by atoms with E-state index < -0.39 is 6.04 Å². The number of ether oxygens (including phenoxy) is 1. The fraction of sp³-hybridized carbons (Fsp3) is 0.233. The predicted octanol–water partition coefficient (Wildman–Crippen LogP) is 5.30. The van der Waals surface area contributed by atoms with Crippen molar-refractivity contribution in [1.29, 1.82) is 0 Å². The molecular formula is C30H30N4O3S. The van der Waals surface area contributed by atoms with E-state index in [2.05, 4.69) is 5.32 Å². The third kappa shape index (κ3) is 4.79. The van der Waals surface area contributed by atoms with Crippen LogP contribution < -0.4 is 15.0 Å². The topological polar surface area (TPSA) is 76.5 Å². The van der Waals surface area contributed by atoms with E-state index >= 15 is 0 Å². The maximum Gasteiger partial charge on any atom is 0.248 e. The quantitative estimate of drug-likeness (QED) is 0.369. The van der Waals surface area contributed by atoms with Gasteiger partial charge in [-0.2, -0.15) is 5.10 Å². The summed E-state index contributed by atoms with van der Waals surface area (Å²) in [5.74, 6) is 0.482. The molecule has 0 saturated carbocycles. The highest BCUT2D eigenvalue weighted by atomic mass is 32.2. The molecule has 0 fully saturated rings. The summed E-state index contributed by atoms with van der Waals surface area (Å²) >= 11 is 1.42. The minimum Gasteiger partial charge on any atom is -0.496 e. The molecule has 5 rings (SSSR count). The number of para-hydroxylation sites is 2. The minimum atomic E-state index is -0.889. The van der Waals surface area contributed by atoms with Crippen molar-refractivity contribution >= 4 is 29.3 Å². The number of carbonyl (C=O) groups excluding carboxylic acids is 2. The zero-order valence-corrected chi connectivity index (χ0v) is 22.7.